The van der Waals surface area contributed by atoms with Crippen LogP contribution in [0.4, 0.5) is 5.69 Å². The zero-order valence-electron chi connectivity index (χ0n) is 24.2. The molecular weight excluding hydrogens is 496 g/mol. The van der Waals surface area contributed by atoms with Crippen LogP contribution in [0.3, 0.4) is 0 Å². The summed E-state index contributed by atoms with van der Waals surface area (Å²) in [4.78, 5) is 21.0. The molecule has 6 rings (SSSR count). The van der Waals surface area contributed by atoms with Crippen molar-refractivity contribution >= 4 is 11.6 Å². The van der Waals surface area contributed by atoms with E-state index in [2.05, 4.69) is 57.3 Å². The van der Waals surface area contributed by atoms with Gasteiger partial charge in [-0.15, -0.1) is 0 Å². The van der Waals surface area contributed by atoms with Crippen LogP contribution in [0.5, 0.6) is 5.75 Å². The van der Waals surface area contributed by atoms with Crippen molar-refractivity contribution in [2.45, 2.75) is 95.9 Å². The molecule has 0 unspecified atom stereocenters. The predicted molar refractivity (Wildman–Crippen MR) is 160 cm³/mol. The van der Waals surface area contributed by atoms with Crippen molar-refractivity contribution in [1.29, 1.82) is 0 Å². The van der Waals surface area contributed by atoms with E-state index in [0.29, 0.717) is 23.8 Å². The second-order valence-corrected chi connectivity index (χ2v) is 12.4. The van der Waals surface area contributed by atoms with E-state index in [9.17, 15) is 4.79 Å². The van der Waals surface area contributed by atoms with E-state index in [0.717, 1.165) is 73.3 Å². The third-order valence-corrected chi connectivity index (χ3v) is 9.75. The smallest absolute Gasteiger partial charge is 0.230 e. The summed E-state index contributed by atoms with van der Waals surface area (Å²) in [6.45, 7) is 2.83. The van der Waals surface area contributed by atoms with Crippen LogP contribution in [0.25, 0.3) is 11.1 Å². The van der Waals surface area contributed by atoms with Gasteiger partial charge < -0.3 is 9.64 Å². The van der Waals surface area contributed by atoms with E-state index in [1.165, 1.54) is 44.2 Å². The van der Waals surface area contributed by atoms with Crippen LogP contribution in [0.2, 0.25) is 0 Å². The van der Waals surface area contributed by atoms with Crippen molar-refractivity contribution < 1.29 is 9.53 Å². The highest BCUT2D eigenvalue weighted by Crippen LogP contribution is 2.38. The highest BCUT2D eigenvalue weighted by Gasteiger charge is 2.31. The average molecular weight is 541 g/mol. The first-order chi connectivity index (χ1) is 19.6. The molecule has 2 heterocycles. The number of methoxy groups -OCH3 is 1. The largest absolute Gasteiger partial charge is 0.495 e. The molecule has 0 radical (unpaired) electrons. The van der Waals surface area contributed by atoms with Gasteiger partial charge in [0.1, 0.15) is 5.75 Å². The molecule has 0 bridgehead atoms. The molecule has 6 nitrogen and oxygen atoms in total. The van der Waals surface area contributed by atoms with Crippen LogP contribution >= 0.6 is 0 Å². The Labute approximate surface area is 239 Å². The minimum atomic E-state index is 0.154. The van der Waals surface area contributed by atoms with E-state index in [-0.39, 0.29) is 5.92 Å². The molecule has 0 N–H and O–H groups in total. The molecule has 1 amide bonds. The van der Waals surface area contributed by atoms with E-state index in [1.54, 1.807) is 7.11 Å². The molecule has 0 spiro atoms. The van der Waals surface area contributed by atoms with Gasteiger partial charge in [-0.2, -0.15) is 5.10 Å². The summed E-state index contributed by atoms with van der Waals surface area (Å²) in [6, 6.07) is 13.4. The summed E-state index contributed by atoms with van der Waals surface area (Å²) in [7, 11) is 1.70. The van der Waals surface area contributed by atoms with Gasteiger partial charge in [0.05, 0.1) is 25.0 Å². The highest BCUT2D eigenvalue weighted by atomic mass is 16.5. The number of ether oxygens (including phenoxy) is 1. The lowest BCUT2D eigenvalue weighted by molar-refractivity contribution is -0.123. The van der Waals surface area contributed by atoms with Gasteiger partial charge in [-0.1, -0.05) is 31.4 Å². The third-order valence-electron chi connectivity index (χ3n) is 9.75. The van der Waals surface area contributed by atoms with Gasteiger partial charge in [0.2, 0.25) is 5.91 Å². The van der Waals surface area contributed by atoms with Crippen LogP contribution in [0, 0.1) is 18.8 Å². The van der Waals surface area contributed by atoms with Crippen LogP contribution in [-0.2, 0) is 4.79 Å². The number of hydrogen-bond acceptors (Lipinski definition) is 4. The second-order valence-electron chi connectivity index (χ2n) is 12.4. The number of aryl methyl sites for hydroxylation is 1. The van der Waals surface area contributed by atoms with Crippen molar-refractivity contribution in [3.05, 3.63) is 60.2 Å². The number of pyridine rings is 1. The molecule has 3 fully saturated rings. The first-order valence-electron chi connectivity index (χ1n) is 15.6. The Kier molecular flexibility index (Phi) is 8.22. The van der Waals surface area contributed by atoms with Gasteiger partial charge >= 0.3 is 0 Å². The van der Waals surface area contributed by atoms with Crippen molar-refractivity contribution in [2.75, 3.05) is 18.6 Å². The first-order valence-corrected chi connectivity index (χ1v) is 15.6. The van der Waals surface area contributed by atoms with Gasteiger partial charge in [-0.3, -0.25) is 14.5 Å². The number of benzene rings is 1. The summed E-state index contributed by atoms with van der Waals surface area (Å²) < 4.78 is 7.55. The van der Waals surface area contributed by atoms with Crippen molar-refractivity contribution in [3.8, 4) is 16.9 Å². The maximum Gasteiger partial charge on any atom is 0.230 e. The fourth-order valence-corrected chi connectivity index (χ4v) is 6.99. The number of hydrogen-bond donors (Lipinski definition) is 0. The number of anilines is 1. The van der Waals surface area contributed by atoms with Crippen LogP contribution in [0.1, 0.15) is 100 Å². The Balaban J connectivity index is 1.18. The van der Waals surface area contributed by atoms with E-state index in [1.807, 2.05) is 13.1 Å². The molecule has 0 atom stereocenters. The fraction of sp³-hybridized carbons (Fsp3) is 0.559. The maximum absolute atomic E-state index is 14.0. The Morgan fingerprint density at radius 3 is 2.45 bits per heavy atom. The monoisotopic (exact) mass is 540 g/mol. The van der Waals surface area contributed by atoms with Crippen LogP contribution in [0.15, 0.2) is 48.8 Å². The first kappa shape index (κ1) is 27.0. The van der Waals surface area contributed by atoms with E-state index < -0.39 is 0 Å². The second kappa shape index (κ2) is 12.2. The highest BCUT2D eigenvalue weighted by molar-refractivity contribution is 5.95. The lowest BCUT2D eigenvalue weighted by atomic mass is 9.79. The molecule has 1 aromatic carbocycles. The van der Waals surface area contributed by atoms with Gasteiger partial charge in [0.25, 0.3) is 0 Å². The van der Waals surface area contributed by atoms with Gasteiger partial charge in [-0.25, -0.2) is 0 Å². The Bertz CT molecular complexity index is 1300. The number of nitrogens with zero attached hydrogens (tertiary/aromatic N) is 4. The number of carbonyl (C=O) groups is 1. The van der Waals surface area contributed by atoms with Gasteiger partial charge in [-0.05, 0) is 100 Å². The molecule has 212 valence electrons. The molecule has 3 aromatic rings. The minimum absolute atomic E-state index is 0.154. The van der Waals surface area contributed by atoms with Crippen molar-refractivity contribution in [3.63, 3.8) is 0 Å². The zero-order chi connectivity index (χ0) is 27.5. The number of carbonyl (C=O) groups excluding carboxylic acids is 1. The fourth-order valence-electron chi connectivity index (χ4n) is 6.99. The molecule has 0 saturated heterocycles. The Hall–Kier alpha value is -3.15. The minimum Gasteiger partial charge on any atom is -0.495 e. The summed E-state index contributed by atoms with van der Waals surface area (Å²) in [6.07, 6.45) is 18.1. The Morgan fingerprint density at radius 2 is 1.75 bits per heavy atom. The number of rotatable bonds is 8. The topological polar surface area (TPSA) is 60.2 Å². The summed E-state index contributed by atoms with van der Waals surface area (Å²) >= 11 is 0. The van der Waals surface area contributed by atoms with E-state index in [4.69, 9.17) is 9.72 Å². The molecule has 2 aromatic heterocycles. The summed E-state index contributed by atoms with van der Waals surface area (Å²) in [5.74, 6) is 2.33. The van der Waals surface area contributed by atoms with Crippen LogP contribution in [-0.4, -0.2) is 34.3 Å². The normalized spacial score (nSPS) is 22.1. The average Bonchev–Trinajstić information content (AvgIpc) is 3.45. The molecule has 0 aliphatic heterocycles. The van der Waals surface area contributed by atoms with Crippen molar-refractivity contribution in [1.82, 2.24) is 14.8 Å². The van der Waals surface area contributed by atoms with Crippen LogP contribution < -0.4 is 9.64 Å². The zero-order valence-corrected chi connectivity index (χ0v) is 24.2. The maximum atomic E-state index is 14.0. The summed E-state index contributed by atoms with van der Waals surface area (Å²) in [5.41, 5.74) is 5.47. The molecular formula is C34H44N4O2. The molecule has 6 heteroatoms. The Morgan fingerprint density at radius 1 is 0.950 bits per heavy atom. The molecule has 3 aliphatic rings. The molecule has 3 saturated carbocycles. The third kappa shape index (κ3) is 5.82. The standard InChI is InChI=1S/C34H44N4O2/c1-24-33(40-2)19-18-32(36-24)26-16-14-25(15-17-26)22-37(34(39)27-8-4-3-5-9-27)31-13-6-10-28(20-31)29-21-35-38(23-29)30-11-7-12-30/h6,10,13,18-21,23,25-27,30H,3-5,7-9,11-12,14-17,22H2,1-2H3/t25-,26-. The number of aromatic nitrogens is 3. The van der Waals surface area contributed by atoms with Gasteiger partial charge in [0, 0.05) is 41.5 Å². The molecule has 40 heavy (non-hydrogen) atoms. The van der Waals surface area contributed by atoms with Crippen molar-refractivity contribution in [2.24, 2.45) is 11.8 Å². The lowest BCUT2D eigenvalue weighted by Gasteiger charge is -2.35. The predicted octanol–water partition coefficient (Wildman–Crippen LogP) is 7.87. The lowest BCUT2D eigenvalue weighted by Crippen LogP contribution is -2.41. The van der Waals surface area contributed by atoms with Gasteiger partial charge in [0.15, 0.2) is 0 Å². The quantitative estimate of drug-likeness (QED) is 0.292. The molecule has 3 aliphatic carbocycles. The SMILES string of the molecule is COc1ccc([C@H]2CC[C@H](CN(C(=O)C3CCCCC3)c3cccc(-c4cnn(C5CCC5)c4)c3)CC2)nc1C. The van der Waals surface area contributed by atoms with E-state index >= 15 is 0 Å². The number of amides is 1. The summed E-state index contributed by atoms with van der Waals surface area (Å²) in [5, 5.41) is 4.66.